The van der Waals surface area contributed by atoms with Gasteiger partial charge < -0.3 is 19.9 Å². The fraction of sp³-hybridized carbons (Fsp3) is 0.552. The van der Waals surface area contributed by atoms with Gasteiger partial charge in [0.25, 0.3) is 0 Å². The van der Waals surface area contributed by atoms with Crippen molar-refractivity contribution in [1.29, 1.82) is 0 Å². The second-order valence-electron chi connectivity index (χ2n) is 10.6. The minimum Gasteiger partial charge on any atom is -0.486 e. The fourth-order valence-corrected chi connectivity index (χ4v) is 5.16. The zero-order valence-corrected chi connectivity index (χ0v) is 23.3. The minimum absolute atomic E-state index is 0. The molecule has 2 aromatic carbocycles. The topological polar surface area (TPSA) is 91.2 Å². The molecule has 2 aliphatic heterocycles. The lowest BCUT2D eigenvalue weighted by atomic mass is 10.0. The van der Waals surface area contributed by atoms with Gasteiger partial charge in [0.2, 0.25) is 5.91 Å². The highest BCUT2D eigenvalue weighted by atomic mass is 35.5. The molecule has 1 N–H and O–H groups in total. The molecule has 2 aliphatic rings. The smallest absolute Gasteiger partial charge is 0.311 e. The quantitative estimate of drug-likeness (QED) is 0.287. The number of hydrogen-bond donors (Lipinski definition) is 1. The van der Waals surface area contributed by atoms with Crippen LogP contribution in [0.5, 0.6) is 5.75 Å². The molecule has 2 heterocycles. The van der Waals surface area contributed by atoms with E-state index in [2.05, 4.69) is 10.2 Å². The highest BCUT2D eigenvalue weighted by Gasteiger charge is 2.25. The molecule has 220 valence electrons. The monoisotopic (exact) mass is 577 g/mol. The van der Waals surface area contributed by atoms with Crippen molar-refractivity contribution in [2.45, 2.75) is 46.6 Å². The maximum absolute atomic E-state index is 14.2. The van der Waals surface area contributed by atoms with Crippen LogP contribution in [0, 0.1) is 21.8 Å². The third kappa shape index (κ3) is 8.44. The van der Waals surface area contributed by atoms with Gasteiger partial charge in [0, 0.05) is 81.1 Å². The van der Waals surface area contributed by atoms with Crippen LogP contribution in [0.25, 0.3) is 0 Å². The standard InChI is InChI=1S/C28H37ClFN5O4.CH4/c1-20(2)19-39-27-18-23(4-6-26(27)35(37)38)31-22-7-11-34(12-8-22)28(36)9-10-32-13-15-33(16-14-32)25-5-3-21(29)17-24(25)30;/h3-6,17-18,20,22,31H,7-16,19H2,1-2H3;1H4. The summed E-state index contributed by atoms with van der Waals surface area (Å²) in [6.45, 7) is 9.39. The van der Waals surface area contributed by atoms with E-state index in [1.165, 1.54) is 12.1 Å². The number of nitrogens with zero attached hydrogens (tertiary/aromatic N) is 4. The number of piperidine rings is 1. The molecule has 0 aromatic heterocycles. The first-order valence-electron chi connectivity index (χ1n) is 13.6. The van der Waals surface area contributed by atoms with Crippen molar-refractivity contribution in [3.05, 3.63) is 57.4 Å². The number of carbonyl (C=O) groups excluding carboxylic acids is 1. The zero-order chi connectivity index (χ0) is 27.9. The summed E-state index contributed by atoms with van der Waals surface area (Å²) in [5.74, 6) is 0.369. The molecule has 9 nitrogen and oxygen atoms in total. The summed E-state index contributed by atoms with van der Waals surface area (Å²) in [5, 5.41) is 15.2. The van der Waals surface area contributed by atoms with Gasteiger partial charge in [-0.05, 0) is 43.0 Å². The molecule has 0 spiro atoms. The van der Waals surface area contributed by atoms with E-state index in [0.29, 0.717) is 56.5 Å². The third-order valence-corrected chi connectivity index (χ3v) is 7.45. The van der Waals surface area contributed by atoms with Crippen molar-refractivity contribution in [1.82, 2.24) is 9.80 Å². The zero-order valence-electron chi connectivity index (χ0n) is 22.6. The van der Waals surface area contributed by atoms with Gasteiger partial charge in [-0.2, -0.15) is 0 Å². The summed E-state index contributed by atoms with van der Waals surface area (Å²) in [4.78, 5) is 30.0. The number of piperazine rings is 1. The van der Waals surface area contributed by atoms with Gasteiger partial charge in [-0.25, -0.2) is 4.39 Å². The molecule has 2 aromatic rings. The summed E-state index contributed by atoms with van der Waals surface area (Å²) >= 11 is 5.87. The van der Waals surface area contributed by atoms with E-state index >= 15 is 0 Å². The fourth-order valence-electron chi connectivity index (χ4n) is 5.00. The highest BCUT2D eigenvalue weighted by molar-refractivity contribution is 6.30. The van der Waals surface area contributed by atoms with Gasteiger partial charge >= 0.3 is 5.69 Å². The first-order chi connectivity index (χ1) is 18.7. The van der Waals surface area contributed by atoms with Crippen molar-refractivity contribution in [3.8, 4) is 5.75 Å². The summed E-state index contributed by atoms with van der Waals surface area (Å²) in [6.07, 6.45) is 2.07. The van der Waals surface area contributed by atoms with Crippen LogP contribution in [-0.2, 0) is 4.79 Å². The Bertz CT molecular complexity index is 1150. The van der Waals surface area contributed by atoms with Gasteiger partial charge in [0.1, 0.15) is 5.82 Å². The number of benzene rings is 2. The maximum atomic E-state index is 14.2. The summed E-state index contributed by atoms with van der Waals surface area (Å²) in [7, 11) is 0. The number of rotatable bonds is 10. The third-order valence-electron chi connectivity index (χ3n) is 7.21. The van der Waals surface area contributed by atoms with E-state index in [1.54, 1.807) is 24.3 Å². The van der Waals surface area contributed by atoms with Crippen LogP contribution >= 0.6 is 11.6 Å². The Morgan fingerprint density at radius 1 is 1.12 bits per heavy atom. The summed E-state index contributed by atoms with van der Waals surface area (Å²) < 4.78 is 19.9. The molecule has 0 unspecified atom stereocenters. The molecule has 1 amide bonds. The van der Waals surface area contributed by atoms with Crippen molar-refractivity contribution in [2.75, 3.05) is 62.6 Å². The second-order valence-corrected chi connectivity index (χ2v) is 11.1. The van der Waals surface area contributed by atoms with Crippen LogP contribution in [0.2, 0.25) is 5.02 Å². The molecule has 11 heteroatoms. The van der Waals surface area contributed by atoms with Crippen LogP contribution in [0.3, 0.4) is 0 Å². The van der Waals surface area contributed by atoms with Gasteiger partial charge in [-0.3, -0.25) is 19.8 Å². The molecular weight excluding hydrogens is 537 g/mol. The number of ether oxygens (including phenoxy) is 1. The Morgan fingerprint density at radius 3 is 2.45 bits per heavy atom. The number of nitro benzene ring substituents is 1. The molecule has 40 heavy (non-hydrogen) atoms. The van der Waals surface area contributed by atoms with Crippen LogP contribution < -0.4 is 15.0 Å². The van der Waals surface area contributed by atoms with E-state index in [1.807, 2.05) is 23.6 Å². The number of halogens is 2. The number of nitro groups is 1. The summed E-state index contributed by atoms with van der Waals surface area (Å²) in [5.41, 5.74) is 1.31. The average molecular weight is 578 g/mol. The lowest BCUT2D eigenvalue weighted by molar-refractivity contribution is -0.385. The predicted molar refractivity (Wildman–Crippen MR) is 158 cm³/mol. The Balaban J connectivity index is 0.00000441. The predicted octanol–water partition coefficient (Wildman–Crippen LogP) is 5.67. The molecule has 4 rings (SSSR count). The van der Waals surface area contributed by atoms with E-state index in [-0.39, 0.29) is 42.5 Å². The first kappa shape index (κ1) is 31.4. The Labute approximate surface area is 241 Å². The van der Waals surface area contributed by atoms with Crippen molar-refractivity contribution < 1.29 is 18.8 Å². The Morgan fingerprint density at radius 2 is 1.82 bits per heavy atom. The number of carbonyl (C=O) groups is 1. The number of hydrogen-bond acceptors (Lipinski definition) is 7. The number of amides is 1. The van der Waals surface area contributed by atoms with E-state index < -0.39 is 4.92 Å². The number of likely N-dealkylation sites (tertiary alicyclic amines) is 1. The molecule has 0 saturated carbocycles. The van der Waals surface area contributed by atoms with E-state index in [0.717, 1.165) is 31.6 Å². The largest absolute Gasteiger partial charge is 0.486 e. The van der Waals surface area contributed by atoms with Gasteiger partial charge in [-0.15, -0.1) is 0 Å². The highest BCUT2D eigenvalue weighted by Crippen LogP contribution is 2.31. The Kier molecular flexibility index (Phi) is 11.4. The molecule has 0 atom stereocenters. The molecule has 0 radical (unpaired) electrons. The molecule has 2 fully saturated rings. The molecule has 0 aliphatic carbocycles. The molecule has 2 saturated heterocycles. The Hall–Kier alpha value is -3.11. The van der Waals surface area contributed by atoms with Crippen molar-refractivity contribution in [2.24, 2.45) is 5.92 Å². The van der Waals surface area contributed by atoms with E-state index in [9.17, 15) is 19.3 Å². The number of nitrogens with one attached hydrogen (secondary N) is 1. The first-order valence-corrected chi connectivity index (χ1v) is 14.0. The molecular formula is C29H41ClFN5O4. The van der Waals surface area contributed by atoms with Crippen molar-refractivity contribution >= 4 is 34.6 Å². The van der Waals surface area contributed by atoms with Crippen LogP contribution in [0.1, 0.15) is 40.5 Å². The minimum atomic E-state index is -0.428. The maximum Gasteiger partial charge on any atom is 0.311 e. The van der Waals surface area contributed by atoms with Gasteiger partial charge in [0.05, 0.1) is 17.2 Å². The second kappa shape index (κ2) is 14.5. The molecule has 0 bridgehead atoms. The number of anilines is 2. The normalized spacial score (nSPS) is 16.5. The van der Waals surface area contributed by atoms with Gasteiger partial charge in [0.15, 0.2) is 5.75 Å². The lowest BCUT2D eigenvalue weighted by Gasteiger charge is -2.37. The lowest BCUT2D eigenvalue weighted by Crippen LogP contribution is -2.48. The average Bonchev–Trinajstić information content (AvgIpc) is 2.91. The van der Waals surface area contributed by atoms with Crippen LogP contribution in [0.4, 0.5) is 21.5 Å². The summed E-state index contributed by atoms with van der Waals surface area (Å²) in [6, 6.07) is 9.81. The van der Waals surface area contributed by atoms with Crippen LogP contribution in [0.15, 0.2) is 36.4 Å². The van der Waals surface area contributed by atoms with Gasteiger partial charge in [-0.1, -0.05) is 32.9 Å². The van der Waals surface area contributed by atoms with Crippen molar-refractivity contribution in [3.63, 3.8) is 0 Å². The van der Waals surface area contributed by atoms with Crippen LogP contribution in [-0.4, -0.2) is 79.1 Å². The SMILES string of the molecule is C.CC(C)COc1cc(NC2CCN(C(=O)CCN3CCN(c4ccc(Cl)cc4F)CC3)CC2)ccc1[N+](=O)[O-]. The van der Waals surface area contributed by atoms with E-state index in [4.69, 9.17) is 16.3 Å².